The van der Waals surface area contributed by atoms with Crippen LogP contribution in [0, 0.1) is 6.92 Å². The fraction of sp³-hybridized carbons (Fsp3) is 0.364. The molecule has 1 unspecified atom stereocenters. The van der Waals surface area contributed by atoms with E-state index in [0.29, 0.717) is 30.1 Å². The molecule has 0 N–H and O–H groups in total. The SMILES string of the molecule is CCn1ncc(-c2nc3c(O[C@H]4CCN([S+]([O-])c5ccccc5)C4)ncnc3n2C)c1C. The van der Waals surface area contributed by atoms with Gasteiger partial charge in [-0.05, 0) is 26.0 Å². The van der Waals surface area contributed by atoms with Gasteiger partial charge in [0.1, 0.15) is 18.3 Å². The largest absolute Gasteiger partial charge is 0.593 e. The highest BCUT2D eigenvalue weighted by Gasteiger charge is 2.34. The highest BCUT2D eigenvalue weighted by molar-refractivity contribution is 7.89. The number of imidazole rings is 1. The second-order valence-electron chi connectivity index (χ2n) is 7.78. The molecule has 1 aliphatic rings. The van der Waals surface area contributed by atoms with Crippen LogP contribution in [-0.2, 0) is 25.0 Å². The van der Waals surface area contributed by atoms with Crippen LogP contribution in [-0.4, -0.2) is 57.4 Å². The van der Waals surface area contributed by atoms with Crippen molar-refractivity contribution in [3.63, 3.8) is 0 Å². The number of hydrogen-bond acceptors (Lipinski definition) is 7. The highest BCUT2D eigenvalue weighted by atomic mass is 32.2. The Morgan fingerprint density at radius 3 is 2.78 bits per heavy atom. The first-order chi connectivity index (χ1) is 15.6. The minimum Gasteiger partial charge on any atom is -0.593 e. The monoisotopic (exact) mass is 451 g/mol. The molecule has 3 aromatic heterocycles. The maximum atomic E-state index is 12.9. The number of hydrogen-bond donors (Lipinski definition) is 0. The summed E-state index contributed by atoms with van der Waals surface area (Å²) in [6.45, 7) is 6.16. The van der Waals surface area contributed by atoms with Crippen LogP contribution in [0.5, 0.6) is 5.88 Å². The molecule has 0 spiro atoms. The van der Waals surface area contributed by atoms with Crippen LogP contribution >= 0.6 is 0 Å². The molecule has 166 valence electrons. The summed E-state index contributed by atoms with van der Waals surface area (Å²) in [5.41, 5.74) is 3.34. The minimum absolute atomic E-state index is 0.115. The van der Waals surface area contributed by atoms with Gasteiger partial charge >= 0.3 is 0 Å². The van der Waals surface area contributed by atoms with Gasteiger partial charge in [-0.15, -0.1) is 4.31 Å². The van der Waals surface area contributed by atoms with E-state index in [1.54, 1.807) is 0 Å². The molecule has 4 aromatic rings. The van der Waals surface area contributed by atoms with Crippen molar-refractivity contribution in [2.75, 3.05) is 13.1 Å². The second kappa shape index (κ2) is 8.53. The van der Waals surface area contributed by atoms with Gasteiger partial charge in [0, 0.05) is 32.3 Å². The van der Waals surface area contributed by atoms with Crippen molar-refractivity contribution in [2.45, 2.75) is 37.8 Å². The van der Waals surface area contributed by atoms with E-state index in [0.717, 1.165) is 34.9 Å². The quantitative estimate of drug-likeness (QED) is 0.416. The lowest BCUT2D eigenvalue weighted by molar-refractivity contribution is 0.209. The third kappa shape index (κ3) is 3.64. The first kappa shape index (κ1) is 20.9. The number of rotatable bonds is 6. The molecule has 4 heterocycles. The van der Waals surface area contributed by atoms with Crippen LogP contribution in [0.2, 0.25) is 0 Å². The second-order valence-corrected chi connectivity index (χ2v) is 9.27. The first-order valence-electron chi connectivity index (χ1n) is 10.7. The Labute approximate surface area is 189 Å². The van der Waals surface area contributed by atoms with Crippen LogP contribution in [0.4, 0.5) is 0 Å². The number of ether oxygens (including phenoxy) is 1. The van der Waals surface area contributed by atoms with Crippen molar-refractivity contribution in [1.29, 1.82) is 0 Å². The molecule has 0 amide bonds. The molecule has 0 aliphatic carbocycles. The molecule has 1 saturated heterocycles. The third-order valence-electron chi connectivity index (χ3n) is 5.83. The van der Waals surface area contributed by atoms with E-state index in [4.69, 9.17) is 9.72 Å². The zero-order valence-electron chi connectivity index (χ0n) is 18.3. The lowest BCUT2D eigenvalue weighted by atomic mass is 10.2. The van der Waals surface area contributed by atoms with E-state index >= 15 is 0 Å². The molecule has 2 atom stereocenters. The Morgan fingerprint density at radius 1 is 1.22 bits per heavy atom. The van der Waals surface area contributed by atoms with Gasteiger partial charge in [-0.25, -0.2) is 9.97 Å². The summed E-state index contributed by atoms with van der Waals surface area (Å²) < 4.78 is 24.9. The van der Waals surface area contributed by atoms with Gasteiger partial charge in [-0.3, -0.25) is 4.68 Å². The normalized spacial score (nSPS) is 17.8. The van der Waals surface area contributed by atoms with Crippen molar-refractivity contribution in [3.8, 4) is 17.3 Å². The smallest absolute Gasteiger partial charge is 0.245 e. The number of benzene rings is 1. The summed E-state index contributed by atoms with van der Waals surface area (Å²) in [7, 11) is 1.94. The average Bonchev–Trinajstić information content (AvgIpc) is 3.52. The first-order valence-corrected chi connectivity index (χ1v) is 11.8. The molecule has 5 rings (SSSR count). The predicted molar refractivity (Wildman–Crippen MR) is 121 cm³/mol. The van der Waals surface area contributed by atoms with Gasteiger partial charge < -0.3 is 13.9 Å². The Hall–Kier alpha value is -2.95. The standard InChI is InChI=1S/C22H25N7O2S/c1-4-29-15(2)18(12-25-29)20-26-19-21(27(20)3)23-14-24-22(19)31-16-10-11-28(13-16)32(30)17-8-6-5-7-9-17/h5-9,12,14,16H,4,10-11,13H2,1-3H3/t16-,32?/m0/s1. The van der Waals surface area contributed by atoms with Gasteiger partial charge in [-0.1, -0.05) is 18.2 Å². The number of nitrogens with zero attached hydrogens (tertiary/aromatic N) is 7. The number of aromatic nitrogens is 6. The Bertz CT molecular complexity index is 1240. The molecule has 0 radical (unpaired) electrons. The summed E-state index contributed by atoms with van der Waals surface area (Å²) in [6, 6.07) is 9.50. The van der Waals surface area contributed by atoms with Gasteiger partial charge in [0.2, 0.25) is 5.88 Å². The van der Waals surface area contributed by atoms with Gasteiger partial charge in [0.05, 0.1) is 29.7 Å². The average molecular weight is 452 g/mol. The lowest BCUT2D eigenvalue weighted by Crippen LogP contribution is -2.31. The molecule has 32 heavy (non-hydrogen) atoms. The Kier molecular flexibility index (Phi) is 5.58. The van der Waals surface area contributed by atoms with E-state index in [-0.39, 0.29) is 6.10 Å². The van der Waals surface area contributed by atoms with Gasteiger partial charge in [-0.2, -0.15) is 10.1 Å². The summed E-state index contributed by atoms with van der Waals surface area (Å²) >= 11 is -1.20. The number of aryl methyl sites for hydroxylation is 2. The summed E-state index contributed by atoms with van der Waals surface area (Å²) in [5.74, 6) is 1.23. The molecule has 1 aromatic carbocycles. The van der Waals surface area contributed by atoms with Crippen molar-refractivity contribution < 1.29 is 9.29 Å². The van der Waals surface area contributed by atoms with E-state index in [9.17, 15) is 4.55 Å². The van der Waals surface area contributed by atoms with Crippen LogP contribution in [0.3, 0.4) is 0 Å². The Balaban J connectivity index is 1.39. The third-order valence-corrected chi connectivity index (χ3v) is 7.31. The fourth-order valence-electron chi connectivity index (χ4n) is 4.08. The molecule has 1 fully saturated rings. The summed E-state index contributed by atoms with van der Waals surface area (Å²) in [4.78, 5) is 14.4. The summed E-state index contributed by atoms with van der Waals surface area (Å²) in [5, 5.41) is 4.44. The topological polar surface area (TPSA) is 96.9 Å². The van der Waals surface area contributed by atoms with Crippen LogP contribution in [0.1, 0.15) is 19.0 Å². The highest BCUT2D eigenvalue weighted by Crippen LogP contribution is 2.30. The molecule has 10 heteroatoms. The Morgan fingerprint density at radius 2 is 2.03 bits per heavy atom. The molecule has 0 saturated carbocycles. The van der Waals surface area contributed by atoms with E-state index in [1.807, 2.05) is 64.1 Å². The minimum atomic E-state index is -1.20. The van der Waals surface area contributed by atoms with Crippen LogP contribution < -0.4 is 4.74 Å². The predicted octanol–water partition coefficient (Wildman–Crippen LogP) is 2.73. The van der Waals surface area contributed by atoms with Gasteiger partial charge in [0.25, 0.3) is 0 Å². The zero-order chi connectivity index (χ0) is 22.2. The summed E-state index contributed by atoms with van der Waals surface area (Å²) in [6.07, 6.45) is 3.99. The van der Waals surface area contributed by atoms with E-state index in [2.05, 4.69) is 22.0 Å². The number of fused-ring (bicyclic) bond motifs is 1. The van der Waals surface area contributed by atoms with Crippen LogP contribution in [0.25, 0.3) is 22.6 Å². The van der Waals surface area contributed by atoms with E-state index in [1.165, 1.54) is 6.33 Å². The maximum Gasteiger partial charge on any atom is 0.245 e. The van der Waals surface area contributed by atoms with Gasteiger partial charge in [0.15, 0.2) is 16.1 Å². The molecule has 9 nitrogen and oxygen atoms in total. The molecule has 0 bridgehead atoms. The molecular formula is C22H25N7O2S. The lowest BCUT2D eigenvalue weighted by Gasteiger charge is -2.19. The van der Waals surface area contributed by atoms with Crippen molar-refractivity contribution in [1.82, 2.24) is 33.6 Å². The van der Waals surface area contributed by atoms with Crippen molar-refractivity contribution >= 4 is 22.5 Å². The molecular weight excluding hydrogens is 426 g/mol. The van der Waals surface area contributed by atoms with Crippen LogP contribution in [0.15, 0.2) is 47.8 Å². The fourth-order valence-corrected chi connectivity index (χ4v) is 5.34. The van der Waals surface area contributed by atoms with Crippen molar-refractivity contribution in [3.05, 3.63) is 48.5 Å². The zero-order valence-corrected chi connectivity index (χ0v) is 19.1. The molecule has 1 aliphatic heterocycles. The maximum absolute atomic E-state index is 12.9. The van der Waals surface area contributed by atoms with E-state index < -0.39 is 11.4 Å². The van der Waals surface area contributed by atoms with Crippen molar-refractivity contribution in [2.24, 2.45) is 7.05 Å².